The molecule has 8 heteroatoms. The highest BCUT2D eigenvalue weighted by molar-refractivity contribution is 7.17. The minimum atomic E-state index is -0.612. The Labute approximate surface area is 195 Å². The lowest BCUT2D eigenvalue weighted by Gasteiger charge is -2.19. The first-order valence-corrected chi connectivity index (χ1v) is 11.5. The molecule has 0 unspecified atom stereocenters. The predicted molar refractivity (Wildman–Crippen MR) is 127 cm³/mol. The quantitative estimate of drug-likeness (QED) is 0.498. The first-order valence-electron chi connectivity index (χ1n) is 10.6. The highest BCUT2D eigenvalue weighted by Crippen LogP contribution is 2.41. The Kier molecular flexibility index (Phi) is 6.65. The van der Waals surface area contributed by atoms with Gasteiger partial charge in [0, 0.05) is 10.9 Å². The smallest absolute Gasteiger partial charge is 0.259 e. The lowest BCUT2D eigenvalue weighted by Crippen LogP contribution is -2.20. The third kappa shape index (κ3) is 4.71. The van der Waals surface area contributed by atoms with Crippen LogP contribution in [0.2, 0.25) is 0 Å². The maximum atomic E-state index is 14.2. The molecular formula is C25H25FN2O4S. The number of carbonyl (C=O) groups excluding carboxylic acids is 2. The van der Waals surface area contributed by atoms with E-state index in [4.69, 9.17) is 9.47 Å². The van der Waals surface area contributed by atoms with Crippen LogP contribution in [0.3, 0.4) is 0 Å². The molecular weight excluding hydrogens is 443 g/mol. The molecule has 1 aliphatic rings. The molecule has 1 aliphatic carbocycles. The molecule has 1 atom stereocenters. The molecule has 3 aromatic rings. The van der Waals surface area contributed by atoms with E-state index >= 15 is 0 Å². The fraction of sp³-hybridized carbons (Fsp3) is 0.280. The monoisotopic (exact) mass is 468 g/mol. The van der Waals surface area contributed by atoms with Crippen molar-refractivity contribution in [2.24, 2.45) is 5.92 Å². The summed E-state index contributed by atoms with van der Waals surface area (Å²) in [6.07, 6.45) is 2.53. The molecule has 0 saturated heterocycles. The van der Waals surface area contributed by atoms with Gasteiger partial charge in [-0.05, 0) is 55.0 Å². The van der Waals surface area contributed by atoms with E-state index in [-0.39, 0.29) is 11.5 Å². The van der Waals surface area contributed by atoms with Gasteiger partial charge in [0.1, 0.15) is 22.3 Å². The van der Waals surface area contributed by atoms with Crippen molar-refractivity contribution in [2.75, 3.05) is 24.9 Å². The lowest BCUT2D eigenvalue weighted by molar-refractivity contribution is 0.102. The standard InChI is InChI=1S/C25H25FN2O4S/c1-14-8-10-17-21(12-14)33-25(28-23(29)16-6-4-5-7-18(16)26)22(17)24(30)27-19-11-9-15(31-2)13-20(19)32-3/h4-7,9,11,13-14H,8,10,12H2,1-3H3,(H,27,30)(H,28,29)/t14-/m1/s1. The number of hydrogen-bond donors (Lipinski definition) is 2. The molecule has 4 rings (SSSR count). The summed E-state index contributed by atoms with van der Waals surface area (Å²) in [5.41, 5.74) is 1.77. The Bertz CT molecular complexity index is 1210. The molecule has 33 heavy (non-hydrogen) atoms. The molecule has 1 heterocycles. The van der Waals surface area contributed by atoms with Crippen molar-refractivity contribution in [3.63, 3.8) is 0 Å². The number of fused-ring (bicyclic) bond motifs is 1. The molecule has 6 nitrogen and oxygen atoms in total. The zero-order chi connectivity index (χ0) is 23.5. The van der Waals surface area contributed by atoms with Gasteiger partial charge in [-0.3, -0.25) is 9.59 Å². The molecule has 2 N–H and O–H groups in total. The normalized spacial score (nSPS) is 14.8. The number of carbonyl (C=O) groups is 2. The summed E-state index contributed by atoms with van der Waals surface area (Å²) in [6.45, 7) is 2.17. The summed E-state index contributed by atoms with van der Waals surface area (Å²) in [7, 11) is 3.06. The maximum Gasteiger partial charge on any atom is 0.259 e. The van der Waals surface area contributed by atoms with Gasteiger partial charge in [-0.25, -0.2) is 4.39 Å². The van der Waals surface area contributed by atoms with E-state index < -0.39 is 11.7 Å². The van der Waals surface area contributed by atoms with Gasteiger partial charge in [0.2, 0.25) is 0 Å². The molecule has 0 saturated carbocycles. The average Bonchev–Trinajstić information content (AvgIpc) is 3.16. The van der Waals surface area contributed by atoms with Crippen LogP contribution in [0.15, 0.2) is 42.5 Å². The second kappa shape index (κ2) is 9.62. The summed E-state index contributed by atoms with van der Waals surface area (Å²) >= 11 is 1.38. The topological polar surface area (TPSA) is 76.7 Å². The van der Waals surface area contributed by atoms with Crippen LogP contribution in [-0.4, -0.2) is 26.0 Å². The molecule has 0 spiro atoms. The highest BCUT2D eigenvalue weighted by atomic mass is 32.1. The van der Waals surface area contributed by atoms with Crippen LogP contribution in [0.25, 0.3) is 0 Å². The fourth-order valence-electron chi connectivity index (χ4n) is 3.98. The van der Waals surface area contributed by atoms with Gasteiger partial charge in [0.15, 0.2) is 0 Å². The summed E-state index contributed by atoms with van der Waals surface area (Å²) in [4.78, 5) is 27.3. The van der Waals surface area contributed by atoms with Crippen LogP contribution < -0.4 is 20.1 Å². The minimum absolute atomic E-state index is 0.0691. The summed E-state index contributed by atoms with van der Waals surface area (Å²) in [5, 5.41) is 6.11. The van der Waals surface area contributed by atoms with Gasteiger partial charge in [0.05, 0.1) is 31.0 Å². The Hall–Kier alpha value is -3.39. The number of ether oxygens (including phenoxy) is 2. The van der Waals surface area contributed by atoms with Crippen LogP contribution in [-0.2, 0) is 12.8 Å². The van der Waals surface area contributed by atoms with Crippen molar-refractivity contribution in [3.8, 4) is 11.5 Å². The SMILES string of the molecule is COc1ccc(NC(=O)c2c(NC(=O)c3ccccc3F)sc3c2CC[C@@H](C)C3)c(OC)c1. The van der Waals surface area contributed by atoms with Crippen molar-refractivity contribution < 1.29 is 23.5 Å². The van der Waals surface area contributed by atoms with Crippen molar-refractivity contribution in [1.82, 2.24) is 0 Å². The van der Waals surface area contributed by atoms with Gasteiger partial charge in [-0.15, -0.1) is 11.3 Å². The minimum Gasteiger partial charge on any atom is -0.497 e. The Morgan fingerprint density at radius 3 is 2.58 bits per heavy atom. The van der Waals surface area contributed by atoms with Crippen LogP contribution >= 0.6 is 11.3 Å². The van der Waals surface area contributed by atoms with Crippen molar-refractivity contribution in [1.29, 1.82) is 0 Å². The van der Waals surface area contributed by atoms with Gasteiger partial charge < -0.3 is 20.1 Å². The molecule has 0 aliphatic heterocycles. The lowest BCUT2D eigenvalue weighted by atomic mass is 9.88. The van der Waals surface area contributed by atoms with E-state index in [0.29, 0.717) is 33.7 Å². The Balaban J connectivity index is 1.69. The van der Waals surface area contributed by atoms with Gasteiger partial charge >= 0.3 is 0 Å². The number of benzene rings is 2. The molecule has 0 bridgehead atoms. The maximum absolute atomic E-state index is 14.2. The number of nitrogens with one attached hydrogen (secondary N) is 2. The number of thiophene rings is 1. The van der Waals surface area contributed by atoms with E-state index in [1.165, 1.54) is 36.6 Å². The highest BCUT2D eigenvalue weighted by Gasteiger charge is 2.29. The zero-order valence-corrected chi connectivity index (χ0v) is 19.5. The molecule has 0 radical (unpaired) electrons. The van der Waals surface area contributed by atoms with E-state index in [1.54, 1.807) is 31.4 Å². The van der Waals surface area contributed by atoms with Crippen LogP contribution in [0.1, 0.15) is 44.5 Å². The van der Waals surface area contributed by atoms with Crippen molar-refractivity contribution >= 4 is 33.8 Å². The summed E-state index contributed by atoms with van der Waals surface area (Å²) in [5.74, 6) is -0.00472. The van der Waals surface area contributed by atoms with E-state index in [1.807, 2.05) is 0 Å². The largest absolute Gasteiger partial charge is 0.497 e. The zero-order valence-electron chi connectivity index (χ0n) is 18.7. The van der Waals surface area contributed by atoms with Crippen molar-refractivity contribution in [3.05, 3.63) is 69.8 Å². The number of amides is 2. The second-order valence-corrected chi connectivity index (χ2v) is 9.12. The van der Waals surface area contributed by atoms with E-state index in [9.17, 15) is 14.0 Å². The average molecular weight is 469 g/mol. The first-order chi connectivity index (χ1) is 15.9. The van der Waals surface area contributed by atoms with E-state index in [2.05, 4.69) is 17.6 Å². The van der Waals surface area contributed by atoms with Crippen molar-refractivity contribution in [2.45, 2.75) is 26.2 Å². The third-order valence-electron chi connectivity index (χ3n) is 5.74. The number of anilines is 2. The molecule has 2 amide bonds. The van der Waals surface area contributed by atoms with Crippen LogP contribution in [0, 0.1) is 11.7 Å². The van der Waals surface area contributed by atoms with Gasteiger partial charge in [0.25, 0.3) is 11.8 Å². The second-order valence-electron chi connectivity index (χ2n) is 8.01. The summed E-state index contributed by atoms with van der Waals surface area (Å²) in [6, 6.07) is 10.9. The molecule has 172 valence electrons. The number of hydrogen-bond acceptors (Lipinski definition) is 5. The van der Waals surface area contributed by atoms with E-state index in [0.717, 1.165) is 29.7 Å². The first kappa shape index (κ1) is 22.8. The Morgan fingerprint density at radius 1 is 1.06 bits per heavy atom. The van der Waals surface area contributed by atoms with Crippen LogP contribution in [0.5, 0.6) is 11.5 Å². The van der Waals surface area contributed by atoms with Gasteiger partial charge in [-0.2, -0.15) is 0 Å². The number of halogens is 1. The van der Waals surface area contributed by atoms with Gasteiger partial charge in [-0.1, -0.05) is 19.1 Å². The predicted octanol–water partition coefficient (Wildman–Crippen LogP) is 5.53. The molecule has 2 aromatic carbocycles. The third-order valence-corrected chi connectivity index (χ3v) is 6.91. The molecule has 0 fully saturated rings. The number of rotatable bonds is 6. The fourth-order valence-corrected chi connectivity index (χ4v) is 5.38. The number of methoxy groups -OCH3 is 2. The van der Waals surface area contributed by atoms with Crippen LogP contribution in [0.4, 0.5) is 15.1 Å². The summed E-state index contributed by atoms with van der Waals surface area (Å²) < 4.78 is 24.8. The Morgan fingerprint density at radius 2 is 1.85 bits per heavy atom. The molecule has 1 aromatic heterocycles.